The molecule has 0 aromatic heterocycles. The van der Waals surface area contributed by atoms with Crippen molar-refractivity contribution < 1.29 is 24.0 Å². The third-order valence-corrected chi connectivity index (χ3v) is 1.85. The molecule has 1 aromatic rings. The van der Waals surface area contributed by atoms with Crippen molar-refractivity contribution in [1.29, 1.82) is 0 Å². The summed E-state index contributed by atoms with van der Waals surface area (Å²) in [6, 6.07) is 6.18. The van der Waals surface area contributed by atoms with Crippen LogP contribution < -0.4 is 0 Å². The SMILES string of the molecule is O=P(O)(O)OCc1ccccc1O. The highest BCUT2D eigenvalue weighted by Crippen LogP contribution is 2.37. The Morgan fingerprint density at radius 2 is 1.92 bits per heavy atom. The number of phosphoric ester groups is 1. The summed E-state index contributed by atoms with van der Waals surface area (Å²) in [7, 11) is -4.46. The second-order valence-corrected chi connectivity index (χ2v) is 3.63. The number of para-hydroxylation sites is 1. The predicted octanol–water partition coefficient (Wildman–Crippen LogP) is 1.00. The van der Waals surface area contributed by atoms with E-state index in [0.29, 0.717) is 5.56 Å². The van der Waals surface area contributed by atoms with Crippen LogP contribution in [0.4, 0.5) is 0 Å². The van der Waals surface area contributed by atoms with Crippen LogP contribution in [0, 0.1) is 0 Å². The minimum atomic E-state index is -4.46. The molecule has 0 bridgehead atoms. The molecule has 6 heteroatoms. The van der Waals surface area contributed by atoms with Gasteiger partial charge in [-0.1, -0.05) is 18.2 Å². The molecule has 72 valence electrons. The number of phenolic OH excluding ortho intramolecular Hbond substituents is 1. The van der Waals surface area contributed by atoms with Crippen molar-refractivity contribution >= 4 is 7.82 Å². The molecule has 0 amide bonds. The Bertz CT molecular complexity index is 331. The molecule has 0 saturated heterocycles. The van der Waals surface area contributed by atoms with E-state index in [1.807, 2.05) is 0 Å². The Balaban J connectivity index is 2.65. The van der Waals surface area contributed by atoms with Gasteiger partial charge in [0.15, 0.2) is 0 Å². The summed E-state index contributed by atoms with van der Waals surface area (Å²) >= 11 is 0. The van der Waals surface area contributed by atoms with Crippen LogP contribution in [-0.4, -0.2) is 14.9 Å². The van der Waals surface area contributed by atoms with Gasteiger partial charge in [0.2, 0.25) is 0 Å². The molecule has 0 aliphatic heterocycles. The minimum Gasteiger partial charge on any atom is -0.508 e. The summed E-state index contributed by atoms with van der Waals surface area (Å²) < 4.78 is 14.5. The van der Waals surface area contributed by atoms with Crippen molar-refractivity contribution in [3.63, 3.8) is 0 Å². The summed E-state index contributed by atoms with van der Waals surface area (Å²) in [5.41, 5.74) is 0.339. The molecular weight excluding hydrogens is 195 g/mol. The van der Waals surface area contributed by atoms with E-state index in [2.05, 4.69) is 4.52 Å². The van der Waals surface area contributed by atoms with E-state index in [9.17, 15) is 9.67 Å². The van der Waals surface area contributed by atoms with E-state index in [0.717, 1.165) is 0 Å². The average Bonchev–Trinajstić information content (AvgIpc) is 2.01. The van der Waals surface area contributed by atoms with Gasteiger partial charge >= 0.3 is 7.82 Å². The smallest absolute Gasteiger partial charge is 0.469 e. The van der Waals surface area contributed by atoms with Crippen molar-refractivity contribution in [2.75, 3.05) is 0 Å². The summed E-state index contributed by atoms with van der Waals surface area (Å²) in [6.45, 7) is -0.309. The molecule has 0 radical (unpaired) electrons. The van der Waals surface area contributed by atoms with Gasteiger partial charge in [-0.15, -0.1) is 0 Å². The lowest BCUT2D eigenvalue weighted by molar-refractivity contribution is 0.187. The number of phenols is 1. The molecule has 0 aliphatic carbocycles. The largest absolute Gasteiger partial charge is 0.508 e. The highest BCUT2D eigenvalue weighted by molar-refractivity contribution is 7.46. The van der Waals surface area contributed by atoms with Crippen molar-refractivity contribution in [2.45, 2.75) is 6.61 Å². The number of phosphoric acid groups is 1. The highest BCUT2D eigenvalue weighted by Gasteiger charge is 2.14. The Kier molecular flexibility index (Phi) is 3.06. The van der Waals surface area contributed by atoms with Crippen LogP contribution in [0.25, 0.3) is 0 Å². The quantitative estimate of drug-likeness (QED) is 0.639. The van der Waals surface area contributed by atoms with Crippen LogP contribution in [0.3, 0.4) is 0 Å². The summed E-state index contributed by atoms with van der Waals surface area (Å²) in [5.74, 6) is -0.0454. The van der Waals surface area contributed by atoms with Gasteiger partial charge in [-0.3, -0.25) is 4.52 Å². The molecule has 0 spiro atoms. The molecule has 5 nitrogen and oxygen atoms in total. The van der Waals surface area contributed by atoms with Crippen molar-refractivity contribution in [2.24, 2.45) is 0 Å². The molecule has 3 N–H and O–H groups in total. The molecule has 13 heavy (non-hydrogen) atoms. The zero-order chi connectivity index (χ0) is 9.90. The number of rotatable bonds is 3. The molecule has 0 saturated carbocycles. The number of hydrogen-bond acceptors (Lipinski definition) is 3. The summed E-state index contributed by atoms with van der Waals surface area (Å²) in [4.78, 5) is 16.8. The first kappa shape index (κ1) is 10.2. The van der Waals surface area contributed by atoms with E-state index in [-0.39, 0.29) is 12.4 Å². The Morgan fingerprint density at radius 3 is 2.46 bits per heavy atom. The zero-order valence-corrected chi connectivity index (χ0v) is 7.52. The number of benzene rings is 1. The lowest BCUT2D eigenvalue weighted by Gasteiger charge is -2.06. The Labute approximate surface area is 74.8 Å². The van der Waals surface area contributed by atoms with Gasteiger partial charge in [-0.05, 0) is 6.07 Å². The molecule has 0 atom stereocenters. The Morgan fingerprint density at radius 1 is 1.31 bits per heavy atom. The summed E-state index contributed by atoms with van der Waals surface area (Å²) in [6.07, 6.45) is 0. The van der Waals surface area contributed by atoms with E-state index in [1.165, 1.54) is 12.1 Å². The van der Waals surface area contributed by atoms with Crippen LogP contribution in [-0.2, 0) is 15.7 Å². The van der Waals surface area contributed by atoms with Crippen molar-refractivity contribution in [3.05, 3.63) is 29.8 Å². The van der Waals surface area contributed by atoms with Crippen LogP contribution in [0.5, 0.6) is 5.75 Å². The maximum atomic E-state index is 10.3. The van der Waals surface area contributed by atoms with E-state index in [1.54, 1.807) is 12.1 Å². The second kappa shape index (κ2) is 3.89. The van der Waals surface area contributed by atoms with Crippen molar-refractivity contribution in [3.8, 4) is 5.75 Å². The molecule has 1 rings (SSSR count). The third kappa shape index (κ3) is 3.57. The standard InChI is InChI=1S/C7H9O5P/c8-7-4-2-1-3-6(7)5-12-13(9,10)11/h1-4,8H,5H2,(H2,9,10,11). The number of hydrogen-bond donors (Lipinski definition) is 3. The predicted molar refractivity (Wildman–Crippen MR) is 44.9 cm³/mol. The highest BCUT2D eigenvalue weighted by atomic mass is 31.2. The lowest BCUT2D eigenvalue weighted by Crippen LogP contribution is -1.90. The topological polar surface area (TPSA) is 87.0 Å². The molecule has 1 aromatic carbocycles. The second-order valence-electron chi connectivity index (χ2n) is 2.39. The van der Waals surface area contributed by atoms with Crippen LogP contribution >= 0.6 is 7.82 Å². The van der Waals surface area contributed by atoms with Gasteiger partial charge < -0.3 is 14.9 Å². The van der Waals surface area contributed by atoms with Gasteiger partial charge in [0.05, 0.1) is 6.61 Å². The fourth-order valence-corrected chi connectivity index (χ4v) is 1.09. The Hall–Kier alpha value is -0.870. The molecule has 0 heterocycles. The van der Waals surface area contributed by atoms with Crippen LogP contribution in [0.2, 0.25) is 0 Å². The lowest BCUT2D eigenvalue weighted by atomic mass is 10.2. The zero-order valence-electron chi connectivity index (χ0n) is 6.62. The fourth-order valence-electron chi connectivity index (χ4n) is 0.787. The molecular formula is C7H9O5P. The van der Waals surface area contributed by atoms with Gasteiger partial charge in [0.25, 0.3) is 0 Å². The summed E-state index contributed by atoms with van der Waals surface area (Å²) in [5, 5.41) is 9.17. The van der Waals surface area contributed by atoms with E-state index >= 15 is 0 Å². The van der Waals surface area contributed by atoms with Gasteiger partial charge in [0, 0.05) is 5.56 Å². The first-order chi connectivity index (χ1) is 5.99. The van der Waals surface area contributed by atoms with Crippen LogP contribution in [0.15, 0.2) is 24.3 Å². The number of aromatic hydroxyl groups is 1. The maximum absolute atomic E-state index is 10.3. The fraction of sp³-hybridized carbons (Fsp3) is 0.143. The van der Waals surface area contributed by atoms with Gasteiger partial charge in [-0.25, -0.2) is 4.57 Å². The third-order valence-electron chi connectivity index (χ3n) is 1.38. The first-order valence-corrected chi connectivity index (χ1v) is 4.99. The maximum Gasteiger partial charge on any atom is 0.469 e. The van der Waals surface area contributed by atoms with Gasteiger partial charge in [-0.2, -0.15) is 0 Å². The van der Waals surface area contributed by atoms with E-state index in [4.69, 9.17) is 9.79 Å². The molecule has 0 aliphatic rings. The average molecular weight is 204 g/mol. The molecule has 0 fully saturated rings. The van der Waals surface area contributed by atoms with E-state index < -0.39 is 7.82 Å². The minimum absolute atomic E-state index is 0.0454. The molecule has 0 unspecified atom stereocenters. The normalized spacial score (nSPS) is 11.5. The first-order valence-electron chi connectivity index (χ1n) is 3.46. The monoisotopic (exact) mass is 204 g/mol. The van der Waals surface area contributed by atoms with Crippen LogP contribution in [0.1, 0.15) is 5.56 Å². The van der Waals surface area contributed by atoms with Gasteiger partial charge in [0.1, 0.15) is 5.75 Å². The van der Waals surface area contributed by atoms with Crippen molar-refractivity contribution in [1.82, 2.24) is 0 Å².